The summed E-state index contributed by atoms with van der Waals surface area (Å²) < 4.78 is 5.62. The van der Waals surface area contributed by atoms with Crippen LogP contribution < -0.4 is 0 Å². The van der Waals surface area contributed by atoms with E-state index in [9.17, 15) is 30.0 Å². The van der Waals surface area contributed by atoms with E-state index in [-0.39, 0.29) is 30.5 Å². The van der Waals surface area contributed by atoms with Crippen LogP contribution >= 0.6 is 0 Å². The van der Waals surface area contributed by atoms with Crippen molar-refractivity contribution in [1.82, 2.24) is 0 Å². The number of fused-ring (bicyclic) bond motifs is 5. The Kier molecular flexibility index (Phi) is 5.38. The van der Waals surface area contributed by atoms with Crippen LogP contribution in [0.15, 0.2) is 22.8 Å². The number of aliphatic hydroxyl groups excluding tert-OH is 1. The van der Waals surface area contributed by atoms with Gasteiger partial charge in [0, 0.05) is 23.8 Å². The fourth-order valence-electron chi connectivity index (χ4n) is 8.74. The first-order chi connectivity index (χ1) is 16.1. The van der Waals surface area contributed by atoms with E-state index in [2.05, 4.69) is 0 Å². The SMILES string of the molecule is CC1=C(C)C(=O)O[C@H]([C@](C)(O)[C@]2(O)CC[C@@]3(O)[C@@H]4CC=C5C[C@@H](O)CC(=O)[C@]5(C)[C@H]4CC[C@]23C)C1. The van der Waals surface area contributed by atoms with Gasteiger partial charge in [-0.25, -0.2) is 4.79 Å². The molecule has 5 aliphatic rings. The van der Waals surface area contributed by atoms with Crippen molar-refractivity contribution in [2.75, 3.05) is 0 Å². The van der Waals surface area contributed by atoms with Crippen molar-refractivity contribution in [3.8, 4) is 0 Å². The summed E-state index contributed by atoms with van der Waals surface area (Å²) >= 11 is 0. The molecule has 7 heteroatoms. The van der Waals surface area contributed by atoms with Crippen molar-refractivity contribution in [3.05, 3.63) is 22.8 Å². The topological polar surface area (TPSA) is 124 Å². The lowest BCUT2D eigenvalue weighted by Gasteiger charge is -2.63. The lowest BCUT2D eigenvalue weighted by molar-refractivity contribution is -0.279. The number of ether oxygens (including phenoxy) is 1. The van der Waals surface area contributed by atoms with Crippen molar-refractivity contribution in [2.24, 2.45) is 22.7 Å². The lowest BCUT2D eigenvalue weighted by Crippen LogP contribution is -2.72. The Labute approximate surface area is 207 Å². The molecule has 0 radical (unpaired) electrons. The van der Waals surface area contributed by atoms with Crippen LogP contribution in [0.3, 0.4) is 0 Å². The highest BCUT2D eigenvalue weighted by Crippen LogP contribution is 2.70. The smallest absolute Gasteiger partial charge is 0.334 e. The summed E-state index contributed by atoms with van der Waals surface area (Å²) in [6.45, 7) is 8.90. The van der Waals surface area contributed by atoms with Crippen LogP contribution in [-0.2, 0) is 14.3 Å². The van der Waals surface area contributed by atoms with Gasteiger partial charge in [0.25, 0.3) is 0 Å². The van der Waals surface area contributed by atoms with E-state index in [4.69, 9.17) is 4.74 Å². The molecular weight excluding hydrogens is 448 g/mol. The summed E-state index contributed by atoms with van der Waals surface area (Å²) in [6, 6.07) is 0. The van der Waals surface area contributed by atoms with E-state index in [1.165, 1.54) is 6.92 Å². The quantitative estimate of drug-likeness (QED) is 0.348. The van der Waals surface area contributed by atoms with E-state index in [0.717, 1.165) is 11.1 Å². The largest absolute Gasteiger partial charge is 0.455 e. The molecule has 5 rings (SSSR count). The number of hydrogen-bond acceptors (Lipinski definition) is 7. The van der Waals surface area contributed by atoms with Crippen molar-refractivity contribution in [1.29, 1.82) is 0 Å². The Hall–Kier alpha value is -1.54. The van der Waals surface area contributed by atoms with Gasteiger partial charge in [-0.3, -0.25) is 4.79 Å². The minimum atomic E-state index is -1.78. The number of Topliss-reactive ketones (excluding diaryl/α,β-unsaturated/α-hetero) is 1. The van der Waals surface area contributed by atoms with Crippen LogP contribution in [0.1, 0.15) is 86.0 Å². The number of ketones is 1. The highest BCUT2D eigenvalue weighted by atomic mass is 16.6. The van der Waals surface area contributed by atoms with E-state index >= 15 is 0 Å². The summed E-state index contributed by atoms with van der Waals surface area (Å²) in [5, 5.41) is 46.7. The Morgan fingerprint density at radius 1 is 1.03 bits per heavy atom. The molecule has 0 amide bonds. The molecule has 4 N–H and O–H groups in total. The highest BCUT2D eigenvalue weighted by molar-refractivity contribution is 5.90. The standard InChI is InChI=1S/C28H40O7/c1-15-12-22(35-23(31)16(15)2)26(5,32)28(34)11-10-27(33)20-7-6-17-13-18(29)14-21(30)25(17,4)19(20)8-9-24(27,28)3/h6,18-20,22,29,32-34H,7-14H2,1-5H3/t18-,19+,20-,22+,24+,25+,26+,27-,28+/m1/s1. The summed E-state index contributed by atoms with van der Waals surface area (Å²) in [7, 11) is 0. The first kappa shape index (κ1) is 25.1. The second-order valence-electron chi connectivity index (χ2n) is 12.7. The number of cyclic esters (lactones) is 1. The highest BCUT2D eigenvalue weighted by Gasteiger charge is 2.76. The number of hydrogen-bond donors (Lipinski definition) is 4. The number of allylic oxidation sites excluding steroid dienone is 1. The molecule has 0 spiro atoms. The predicted molar refractivity (Wildman–Crippen MR) is 128 cm³/mol. The minimum Gasteiger partial charge on any atom is -0.455 e. The Balaban J connectivity index is 1.53. The minimum absolute atomic E-state index is 0.0245. The zero-order chi connectivity index (χ0) is 25.8. The van der Waals surface area contributed by atoms with Gasteiger partial charge in [0.05, 0.1) is 17.1 Å². The fraction of sp³-hybridized carbons (Fsp3) is 0.786. The molecule has 35 heavy (non-hydrogen) atoms. The third-order valence-electron chi connectivity index (χ3n) is 11.4. The summed E-state index contributed by atoms with van der Waals surface area (Å²) in [6.07, 6.45) is 3.50. The molecule has 0 saturated heterocycles. The van der Waals surface area contributed by atoms with Gasteiger partial charge in [0.2, 0.25) is 0 Å². The fourth-order valence-corrected chi connectivity index (χ4v) is 8.74. The third kappa shape index (κ3) is 2.93. The number of carbonyl (C=O) groups is 2. The molecule has 0 bridgehead atoms. The summed E-state index contributed by atoms with van der Waals surface area (Å²) in [5.41, 5.74) is -4.21. The maximum absolute atomic E-state index is 13.2. The van der Waals surface area contributed by atoms with Gasteiger partial charge in [0.1, 0.15) is 23.1 Å². The van der Waals surface area contributed by atoms with Crippen molar-refractivity contribution >= 4 is 11.8 Å². The molecule has 0 aromatic heterocycles. The molecule has 1 heterocycles. The summed E-state index contributed by atoms with van der Waals surface area (Å²) in [5.74, 6) is -0.804. The van der Waals surface area contributed by atoms with Crippen LogP contribution in [0.2, 0.25) is 0 Å². The van der Waals surface area contributed by atoms with Gasteiger partial charge in [-0.05, 0) is 78.1 Å². The average molecular weight is 489 g/mol. The number of carbonyl (C=O) groups excluding carboxylic acids is 2. The molecule has 7 nitrogen and oxygen atoms in total. The molecule has 1 aliphatic heterocycles. The number of rotatable bonds is 2. The maximum atomic E-state index is 13.2. The third-order valence-corrected chi connectivity index (χ3v) is 11.4. The van der Waals surface area contributed by atoms with Gasteiger partial charge in [-0.2, -0.15) is 0 Å². The molecule has 3 saturated carbocycles. The van der Waals surface area contributed by atoms with Gasteiger partial charge in [-0.1, -0.05) is 24.1 Å². The molecule has 0 aromatic carbocycles. The van der Waals surface area contributed by atoms with Crippen molar-refractivity contribution in [2.45, 2.75) is 115 Å². The van der Waals surface area contributed by atoms with Crippen LogP contribution in [0.25, 0.3) is 0 Å². The Morgan fingerprint density at radius 3 is 2.37 bits per heavy atom. The van der Waals surface area contributed by atoms with Gasteiger partial charge in [-0.15, -0.1) is 0 Å². The molecule has 0 aromatic rings. The first-order valence-corrected chi connectivity index (χ1v) is 13.1. The zero-order valence-electron chi connectivity index (χ0n) is 21.6. The van der Waals surface area contributed by atoms with Crippen molar-refractivity contribution in [3.63, 3.8) is 0 Å². The Morgan fingerprint density at radius 2 is 1.71 bits per heavy atom. The van der Waals surface area contributed by atoms with E-state index in [0.29, 0.717) is 44.1 Å². The van der Waals surface area contributed by atoms with Crippen LogP contribution in [0, 0.1) is 22.7 Å². The second kappa shape index (κ2) is 7.50. The van der Waals surface area contributed by atoms with Crippen LogP contribution in [-0.4, -0.2) is 61.2 Å². The lowest BCUT2D eigenvalue weighted by atomic mass is 9.44. The molecule has 4 aliphatic carbocycles. The normalized spacial score (nSPS) is 49.5. The predicted octanol–water partition coefficient (Wildman–Crippen LogP) is 2.74. The number of aliphatic hydroxyl groups is 4. The molecule has 9 atom stereocenters. The summed E-state index contributed by atoms with van der Waals surface area (Å²) in [4.78, 5) is 25.7. The molecule has 3 fully saturated rings. The monoisotopic (exact) mass is 488 g/mol. The second-order valence-corrected chi connectivity index (χ2v) is 12.7. The maximum Gasteiger partial charge on any atom is 0.334 e. The Bertz CT molecular complexity index is 1040. The first-order valence-electron chi connectivity index (χ1n) is 13.1. The van der Waals surface area contributed by atoms with E-state index in [1.54, 1.807) is 6.92 Å². The average Bonchev–Trinajstić information content (AvgIpc) is 3.01. The van der Waals surface area contributed by atoms with Crippen LogP contribution in [0.5, 0.6) is 0 Å². The van der Waals surface area contributed by atoms with E-state index in [1.807, 2.05) is 26.8 Å². The van der Waals surface area contributed by atoms with Crippen molar-refractivity contribution < 1.29 is 34.8 Å². The van der Waals surface area contributed by atoms with E-state index < -0.39 is 45.8 Å². The molecule has 0 unspecified atom stereocenters. The van der Waals surface area contributed by atoms with Gasteiger partial charge < -0.3 is 25.2 Å². The van der Waals surface area contributed by atoms with Gasteiger partial charge in [0.15, 0.2) is 0 Å². The molecular formula is C28H40O7. The van der Waals surface area contributed by atoms with Gasteiger partial charge >= 0.3 is 5.97 Å². The molecule has 194 valence electrons. The van der Waals surface area contributed by atoms with Crippen LogP contribution in [0.4, 0.5) is 0 Å². The number of esters is 1. The zero-order valence-corrected chi connectivity index (χ0v) is 21.6.